The second-order valence-electron chi connectivity index (χ2n) is 4.58. The predicted molar refractivity (Wildman–Crippen MR) is 74.6 cm³/mol. The molecule has 3 rings (SSSR count). The van der Waals surface area contributed by atoms with Gasteiger partial charge in [-0.2, -0.15) is 0 Å². The molecule has 0 radical (unpaired) electrons. The van der Waals surface area contributed by atoms with Gasteiger partial charge in [0.1, 0.15) is 5.52 Å². The Balaban J connectivity index is 1.90. The molecule has 5 nitrogen and oxygen atoms in total. The van der Waals surface area contributed by atoms with Crippen molar-refractivity contribution in [2.45, 2.75) is 19.9 Å². The van der Waals surface area contributed by atoms with Crippen LogP contribution in [0.15, 0.2) is 36.8 Å². The Labute approximate surface area is 111 Å². The molecule has 0 amide bonds. The minimum absolute atomic E-state index is 0.516. The summed E-state index contributed by atoms with van der Waals surface area (Å²) in [6, 6.07) is 6.02. The molecule has 19 heavy (non-hydrogen) atoms. The lowest BCUT2D eigenvalue weighted by Crippen LogP contribution is -2.06. The first-order valence-electron chi connectivity index (χ1n) is 6.21. The van der Waals surface area contributed by atoms with Crippen LogP contribution in [0.5, 0.6) is 0 Å². The molecule has 0 atom stereocenters. The van der Waals surface area contributed by atoms with Crippen molar-refractivity contribution < 1.29 is 0 Å². The van der Waals surface area contributed by atoms with Crippen LogP contribution >= 0.6 is 0 Å². The van der Waals surface area contributed by atoms with E-state index in [4.69, 9.17) is 5.73 Å². The zero-order valence-corrected chi connectivity index (χ0v) is 10.7. The van der Waals surface area contributed by atoms with E-state index in [1.165, 1.54) is 5.56 Å². The largest absolute Gasteiger partial charge is 0.369 e. The van der Waals surface area contributed by atoms with E-state index in [0.717, 1.165) is 29.7 Å². The van der Waals surface area contributed by atoms with Crippen molar-refractivity contribution in [3.8, 4) is 0 Å². The number of imidazole rings is 1. The van der Waals surface area contributed by atoms with Gasteiger partial charge in [-0.1, -0.05) is 0 Å². The number of pyridine rings is 2. The number of hydrogen-bond donors (Lipinski definition) is 1. The van der Waals surface area contributed by atoms with Gasteiger partial charge in [0.15, 0.2) is 5.65 Å². The number of aromatic nitrogens is 4. The van der Waals surface area contributed by atoms with Gasteiger partial charge in [-0.05, 0) is 42.7 Å². The van der Waals surface area contributed by atoms with Crippen LogP contribution in [0.25, 0.3) is 11.2 Å². The van der Waals surface area contributed by atoms with Crippen molar-refractivity contribution in [1.82, 2.24) is 19.5 Å². The number of anilines is 1. The van der Waals surface area contributed by atoms with E-state index in [0.29, 0.717) is 5.95 Å². The van der Waals surface area contributed by atoms with Crippen molar-refractivity contribution in [1.29, 1.82) is 0 Å². The molecular weight excluding hydrogens is 238 g/mol. The third-order valence-electron chi connectivity index (χ3n) is 3.12. The summed E-state index contributed by atoms with van der Waals surface area (Å²) in [7, 11) is 0. The highest BCUT2D eigenvalue weighted by Gasteiger charge is 2.09. The highest BCUT2D eigenvalue weighted by Crippen LogP contribution is 2.17. The smallest absolute Gasteiger partial charge is 0.202 e. The monoisotopic (exact) mass is 253 g/mol. The lowest BCUT2D eigenvalue weighted by molar-refractivity contribution is 0.719. The van der Waals surface area contributed by atoms with Gasteiger partial charge in [-0.3, -0.25) is 9.55 Å². The fraction of sp³-hybridized carbons (Fsp3) is 0.214. The number of nitrogen functional groups attached to an aromatic ring is 1. The van der Waals surface area contributed by atoms with Crippen LogP contribution < -0.4 is 5.73 Å². The zero-order chi connectivity index (χ0) is 13.2. The standard InChI is InChI=1S/C14H15N5/c1-10-8-12-13(17-9-10)19(14(15)18-12)7-4-11-2-5-16-6-3-11/h2-3,5-6,8-9H,4,7H2,1H3,(H2,15,18). The summed E-state index contributed by atoms with van der Waals surface area (Å²) in [5.74, 6) is 0.516. The molecule has 0 saturated heterocycles. The van der Waals surface area contributed by atoms with Crippen LogP contribution in [-0.4, -0.2) is 19.5 Å². The van der Waals surface area contributed by atoms with Crippen molar-refractivity contribution >= 4 is 17.1 Å². The lowest BCUT2D eigenvalue weighted by Gasteiger charge is -2.05. The molecule has 0 spiro atoms. The second kappa shape index (κ2) is 4.68. The molecule has 0 aliphatic rings. The van der Waals surface area contributed by atoms with Crippen molar-refractivity contribution in [3.63, 3.8) is 0 Å². The summed E-state index contributed by atoms with van der Waals surface area (Å²) in [6.07, 6.45) is 6.32. The normalized spacial score (nSPS) is 11.0. The van der Waals surface area contributed by atoms with Crippen molar-refractivity contribution in [2.75, 3.05) is 5.73 Å². The van der Waals surface area contributed by atoms with Gasteiger partial charge in [0.2, 0.25) is 5.95 Å². The van der Waals surface area contributed by atoms with Gasteiger partial charge >= 0.3 is 0 Å². The molecule has 0 bridgehead atoms. The van der Waals surface area contributed by atoms with Crippen LogP contribution in [0.1, 0.15) is 11.1 Å². The van der Waals surface area contributed by atoms with Crippen LogP contribution in [0.4, 0.5) is 5.95 Å². The molecule has 0 saturated carbocycles. The Morgan fingerprint density at radius 2 is 2.05 bits per heavy atom. The number of rotatable bonds is 3. The summed E-state index contributed by atoms with van der Waals surface area (Å²) in [5, 5.41) is 0. The van der Waals surface area contributed by atoms with E-state index in [-0.39, 0.29) is 0 Å². The molecule has 0 fully saturated rings. The molecule has 0 aliphatic heterocycles. The number of hydrogen-bond acceptors (Lipinski definition) is 4. The lowest BCUT2D eigenvalue weighted by atomic mass is 10.2. The van der Waals surface area contributed by atoms with Gasteiger partial charge in [-0.25, -0.2) is 9.97 Å². The molecular formula is C14H15N5. The first-order valence-corrected chi connectivity index (χ1v) is 6.21. The maximum Gasteiger partial charge on any atom is 0.202 e. The Bertz CT molecular complexity index is 702. The van der Waals surface area contributed by atoms with E-state index >= 15 is 0 Å². The third kappa shape index (κ3) is 2.27. The summed E-state index contributed by atoms with van der Waals surface area (Å²) in [4.78, 5) is 12.8. The molecule has 0 aliphatic carbocycles. The Kier molecular flexibility index (Phi) is 2.87. The van der Waals surface area contributed by atoms with Gasteiger partial charge < -0.3 is 5.73 Å². The van der Waals surface area contributed by atoms with Crippen LogP contribution in [-0.2, 0) is 13.0 Å². The first-order chi connectivity index (χ1) is 9.24. The minimum atomic E-state index is 0.516. The Hall–Kier alpha value is -2.43. The number of nitrogens with two attached hydrogens (primary N) is 1. The summed E-state index contributed by atoms with van der Waals surface area (Å²) in [5.41, 5.74) is 9.98. The predicted octanol–water partition coefficient (Wildman–Crippen LogP) is 1.96. The van der Waals surface area contributed by atoms with E-state index in [1.807, 2.05) is 35.9 Å². The topological polar surface area (TPSA) is 69.6 Å². The fourth-order valence-corrected chi connectivity index (χ4v) is 2.14. The average molecular weight is 253 g/mol. The maximum atomic E-state index is 5.97. The van der Waals surface area contributed by atoms with E-state index < -0.39 is 0 Å². The summed E-state index contributed by atoms with van der Waals surface area (Å²) >= 11 is 0. The van der Waals surface area contributed by atoms with Crippen LogP contribution in [0.2, 0.25) is 0 Å². The molecule has 96 valence electrons. The molecule has 0 unspecified atom stereocenters. The molecule has 5 heteroatoms. The van der Waals surface area contributed by atoms with E-state index in [1.54, 1.807) is 12.4 Å². The number of nitrogens with zero attached hydrogens (tertiary/aromatic N) is 4. The number of fused-ring (bicyclic) bond motifs is 1. The minimum Gasteiger partial charge on any atom is -0.369 e. The van der Waals surface area contributed by atoms with Crippen LogP contribution in [0, 0.1) is 6.92 Å². The first kappa shape index (κ1) is 11.6. The average Bonchev–Trinajstić information content (AvgIpc) is 2.72. The highest BCUT2D eigenvalue weighted by molar-refractivity contribution is 5.74. The molecule has 3 heterocycles. The molecule has 2 N–H and O–H groups in total. The van der Waals surface area contributed by atoms with Gasteiger partial charge in [0.05, 0.1) is 0 Å². The second-order valence-corrected chi connectivity index (χ2v) is 4.58. The fourth-order valence-electron chi connectivity index (χ4n) is 2.14. The molecule has 3 aromatic heterocycles. The number of aryl methyl sites for hydroxylation is 3. The zero-order valence-electron chi connectivity index (χ0n) is 10.7. The summed E-state index contributed by atoms with van der Waals surface area (Å²) in [6.45, 7) is 2.76. The third-order valence-corrected chi connectivity index (χ3v) is 3.12. The van der Waals surface area contributed by atoms with E-state index in [2.05, 4.69) is 15.0 Å². The van der Waals surface area contributed by atoms with Gasteiger partial charge in [0.25, 0.3) is 0 Å². The van der Waals surface area contributed by atoms with Gasteiger partial charge in [-0.15, -0.1) is 0 Å². The molecule has 0 aromatic carbocycles. The SMILES string of the molecule is Cc1cnc2c(c1)nc(N)n2CCc1ccncc1. The summed E-state index contributed by atoms with van der Waals surface area (Å²) < 4.78 is 1.95. The Morgan fingerprint density at radius 1 is 1.26 bits per heavy atom. The van der Waals surface area contributed by atoms with E-state index in [9.17, 15) is 0 Å². The Morgan fingerprint density at radius 3 is 2.84 bits per heavy atom. The maximum absolute atomic E-state index is 5.97. The quantitative estimate of drug-likeness (QED) is 0.774. The van der Waals surface area contributed by atoms with Crippen molar-refractivity contribution in [3.05, 3.63) is 47.9 Å². The molecule has 3 aromatic rings. The van der Waals surface area contributed by atoms with Crippen LogP contribution in [0.3, 0.4) is 0 Å². The van der Waals surface area contributed by atoms with Gasteiger partial charge in [0, 0.05) is 25.1 Å². The van der Waals surface area contributed by atoms with Crippen molar-refractivity contribution in [2.24, 2.45) is 0 Å². The highest BCUT2D eigenvalue weighted by atomic mass is 15.2.